The second kappa shape index (κ2) is 9.21. The van der Waals surface area contributed by atoms with Crippen LogP contribution in [0.5, 0.6) is 0 Å². The summed E-state index contributed by atoms with van der Waals surface area (Å²) >= 11 is 0. The number of amides is 2. The first-order valence-electron chi connectivity index (χ1n) is 7.58. The number of nitrogens with zero attached hydrogens (tertiary/aromatic N) is 2. The molecular formula is C14H23BN4O4. The van der Waals surface area contributed by atoms with Crippen LogP contribution in [-0.2, 0) is 4.79 Å². The van der Waals surface area contributed by atoms with E-state index < -0.39 is 30.9 Å². The van der Waals surface area contributed by atoms with E-state index in [1.54, 1.807) is 6.92 Å². The Morgan fingerprint density at radius 2 is 1.96 bits per heavy atom. The van der Waals surface area contributed by atoms with Crippen molar-refractivity contribution in [3.63, 3.8) is 0 Å². The Morgan fingerprint density at radius 1 is 1.26 bits per heavy atom. The summed E-state index contributed by atoms with van der Waals surface area (Å²) < 4.78 is 0. The molecule has 0 saturated carbocycles. The van der Waals surface area contributed by atoms with Crippen LogP contribution < -0.4 is 10.6 Å². The molecule has 2 unspecified atom stereocenters. The largest absolute Gasteiger partial charge is 0.475 e. The minimum absolute atomic E-state index is 0.111. The van der Waals surface area contributed by atoms with Gasteiger partial charge in [-0.3, -0.25) is 14.6 Å². The van der Waals surface area contributed by atoms with E-state index in [0.29, 0.717) is 12.8 Å². The molecule has 0 spiro atoms. The highest BCUT2D eigenvalue weighted by Crippen LogP contribution is 2.06. The van der Waals surface area contributed by atoms with Crippen LogP contribution in [0.3, 0.4) is 0 Å². The van der Waals surface area contributed by atoms with Crippen molar-refractivity contribution < 1.29 is 19.6 Å². The van der Waals surface area contributed by atoms with E-state index in [4.69, 9.17) is 0 Å². The molecule has 0 radical (unpaired) electrons. The molecule has 1 rings (SSSR count). The first-order chi connectivity index (χ1) is 10.8. The van der Waals surface area contributed by atoms with Gasteiger partial charge in [-0.1, -0.05) is 20.8 Å². The molecule has 0 aliphatic heterocycles. The molecule has 0 fully saturated rings. The van der Waals surface area contributed by atoms with Gasteiger partial charge in [0.2, 0.25) is 5.91 Å². The Labute approximate surface area is 135 Å². The summed E-state index contributed by atoms with van der Waals surface area (Å²) in [5.74, 6) is -1.59. The van der Waals surface area contributed by atoms with Crippen molar-refractivity contribution in [3.05, 3.63) is 24.3 Å². The molecule has 9 heteroatoms. The van der Waals surface area contributed by atoms with Crippen molar-refractivity contribution in [1.82, 2.24) is 20.6 Å². The smallest absolute Gasteiger partial charge is 0.426 e. The number of carbonyl (C=O) groups is 2. The monoisotopic (exact) mass is 322 g/mol. The SMILES string of the molecule is CCC(NC(=O)c1cnccn1)C(=O)NC(CC(C)C)B(O)O. The first-order valence-corrected chi connectivity index (χ1v) is 7.58. The third kappa shape index (κ3) is 6.33. The van der Waals surface area contributed by atoms with Gasteiger partial charge in [-0.05, 0) is 18.8 Å². The molecule has 0 bridgehead atoms. The zero-order valence-corrected chi connectivity index (χ0v) is 13.6. The summed E-state index contributed by atoms with van der Waals surface area (Å²) in [6.07, 6.45) is 4.90. The fourth-order valence-electron chi connectivity index (χ4n) is 2.05. The second-order valence-electron chi connectivity index (χ2n) is 5.68. The van der Waals surface area contributed by atoms with Gasteiger partial charge in [0.1, 0.15) is 11.7 Å². The van der Waals surface area contributed by atoms with E-state index in [1.165, 1.54) is 18.6 Å². The van der Waals surface area contributed by atoms with Gasteiger partial charge in [-0.15, -0.1) is 0 Å². The zero-order valence-electron chi connectivity index (χ0n) is 13.6. The topological polar surface area (TPSA) is 124 Å². The van der Waals surface area contributed by atoms with Crippen molar-refractivity contribution in [2.75, 3.05) is 0 Å². The minimum Gasteiger partial charge on any atom is -0.426 e. The molecule has 1 aromatic rings. The van der Waals surface area contributed by atoms with E-state index in [9.17, 15) is 19.6 Å². The van der Waals surface area contributed by atoms with Gasteiger partial charge in [0, 0.05) is 12.4 Å². The van der Waals surface area contributed by atoms with E-state index in [0.717, 1.165) is 0 Å². The summed E-state index contributed by atoms with van der Waals surface area (Å²) in [5, 5.41) is 23.8. The highest BCUT2D eigenvalue weighted by Gasteiger charge is 2.29. The van der Waals surface area contributed by atoms with Crippen molar-refractivity contribution in [2.45, 2.75) is 45.6 Å². The summed E-state index contributed by atoms with van der Waals surface area (Å²) in [4.78, 5) is 31.9. The van der Waals surface area contributed by atoms with E-state index >= 15 is 0 Å². The predicted octanol–water partition coefficient (Wildman–Crippen LogP) is -0.472. The molecule has 1 aromatic heterocycles. The first kappa shape index (κ1) is 19.1. The number of hydrogen-bond acceptors (Lipinski definition) is 6. The van der Waals surface area contributed by atoms with E-state index in [-0.39, 0.29) is 11.6 Å². The van der Waals surface area contributed by atoms with Gasteiger partial charge >= 0.3 is 7.12 Å². The average Bonchev–Trinajstić information content (AvgIpc) is 2.51. The second-order valence-corrected chi connectivity index (χ2v) is 5.68. The summed E-state index contributed by atoms with van der Waals surface area (Å²) in [5.41, 5.74) is 0.111. The van der Waals surface area contributed by atoms with Crippen LogP contribution in [0.4, 0.5) is 0 Å². The maximum Gasteiger partial charge on any atom is 0.475 e. The van der Waals surface area contributed by atoms with Crippen LogP contribution in [0.1, 0.15) is 44.1 Å². The molecule has 126 valence electrons. The minimum atomic E-state index is -1.66. The van der Waals surface area contributed by atoms with E-state index in [2.05, 4.69) is 20.6 Å². The third-order valence-electron chi connectivity index (χ3n) is 3.24. The van der Waals surface area contributed by atoms with Gasteiger partial charge in [0.15, 0.2) is 0 Å². The molecule has 0 saturated heterocycles. The lowest BCUT2D eigenvalue weighted by molar-refractivity contribution is -0.123. The van der Waals surface area contributed by atoms with Crippen LogP contribution in [-0.4, -0.2) is 50.9 Å². The average molecular weight is 322 g/mol. The molecular weight excluding hydrogens is 299 g/mol. The quantitative estimate of drug-likeness (QED) is 0.480. The Balaban J connectivity index is 2.69. The normalized spacial score (nSPS) is 13.3. The standard InChI is InChI=1S/C14H23BN4O4/c1-4-10(18-14(21)11-8-16-5-6-17-11)13(20)19-12(15(22)23)7-9(2)3/h5-6,8-10,12,22-23H,4,7H2,1-3H3,(H,18,21)(H,19,20). The molecule has 23 heavy (non-hydrogen) atoms. The molecule has 8 nitrogen and oxygen atoms in total. The molecule has 1 heterocycles. The zero-order chi connectivity index (χ0) is 17.4. The Bertz CT molecular complexity index is 513. The number of aromatic nitrogens is 2. The highest BCUT2D eigenvalue weighted by atomic mass is 16.4. The van der Waals surface area contributed by atoms with Crippen LogP contribution in [0.2, 0.25) is 0 Å². The number of rotatable bonds is 8. The fourth-order valence-corrected chi connectivity index (χ4v) is 2.05. The van der Waals surface area contributed by atoms with Crippen LogP contribution in [0.15, 0.2) is 18.6 Å². The van der Waals surface area contributed by atoms with Crippen molar-refractivity contribution >= 4 is 18.9 Å². The highest BCUT2D eigenvalue weighted by molar-refractivity contribution is 6.43. The third-order valence-corrected chi connectivity index (χ3v) is 3.24. The molecule has 2 amide bonds. The number of nitrogens with one attached hydrogen (secondary N) is 2. The number of hydrogen-bond donors (Lipinski definition) is 4. The van der Waals surface area contributed by atoms with Gasteiger partial charge in [-0.2, -0.15) is 0 Å². The van der Waals surface area contributed by atoms with Crippen LogP contribution in [0, 0.1) is 5.92 Å². The predicted molar refractivity (Wildman–Crippen MR) is 85.2 cm³/mol. The lowest BCUT2D eigenvalue weighted by atomic mass is 9.75. The molecule has 0 aliphatic carbocycles. The maximum absolute atomic E-state index is 12.3. The Hall–Kier alpha value is -2.00. The number of carbonyl (C=O) groups excluding carboxylic acids is 2. The lowest BCUT2D eigenvalue weighted by Gasteiger charge is -2.23. The van der Waals surface area contributed by atoms with Crippen molar-refractivity contribution in [3.8, 4) is 0 Å². The molecule has 4 N–H and O–H groups in total. The van der Waals surface area contributed by atoms with E-state index in [1.807, 2.05) is 13.8 Å². The maximum atomic E-state index is 12.3. The Morgan fingerprint density at radius 3 is 2.43 bits per heavy atom. The van der Waals surface area contributed by atoms with Gasteiger partial charge in [-0.25, -0.2) is 4.98 Å². The Kier molecular flexibility index (Phi) is 7.63. The van der Waals surface area contributed by atoms with Gasteiger partial charge in [0.25, 0.3) is 5.91 Å². The summed E-state index contributed by atoms with van der Waals surface area (Å²) in [7, 11) is -1.66. The summed E-state index contributed by atoms with van der Waals surface area (Å²) in [6.45, 7) is 5.57. The molecule has 0 aliphatic rings. The molecule has 2 atom stereocenters. The van der Waals surface area contributed by atoms with Crippen molar-refractivity contribution in [1.29, 1.82) is 0 Å². The lowest BCUT2D eigenvalue weighted by Crippen LogP contribution is -2.54. The van der Waals surface area contributed by atoms with Crippen molar-refractivity contribution in [2.24, 2.45) is 5.92 Å². The molecule has 0 aromatic carbocycles. The van der Waals surface area contributed by atoms with Crippen LogP contribution >= 0.6 is 0 Å². The summed E-state index contributed by atoms with van der Waals surface area (Å²) in [6, 6.07) is -0.794. The fraction of sp³-hybridized carbons (Fsp3) is 0.571. The van der Waals surface area contributed by atoms with Crippen LogP contribution in [0.25, 0.3) is 0 Å². The van der Waals surface area contributed by atoms with Gasteiger partial charge < -0.3 is 20.7 Å². The van der Waals surface area contributed by atoms with Gasteiger partial charge in [0.05, 0.1) is 12.1 Å².